The lowest BCUT2D eigenvalue weighted by Gasteiger charge is -2.09. The summed E-state index contributed by atoms with van der Waals surface area (Å²) >= 11 is 0. The second kappa shape index (κ2) is 9.20. The number of amides is 1. The Bertz CT molecular complexity index is 892. The number of ether oxygens (including phenoxy) is 2. The highest BCUT2D eigenvalue weighted by Gasteiger charge is 2.05. The van der Waals surface area contributed by atoms with Crippen molar-refractivity contribution in [1.82, 2.24) is 0 Å². The van der Waals surface area contributed by atoms with Gasteiger partial charge in [-0.25, -0.2) is 0 Å². The van der Waals surface area contributed by atoms with Crippen LogP contribution in [0.25, 0.3) is 0 Å². The van der Waals surface area contributed by atoms with Gasteiger partial charge in [0.2, 0.25) is 0 Å². The summed E-state index contributed by atoms with van der Waals surface area (Å²) in [7, 11) is 0. The summed E-state index contributed by atoms with van der Waals surface area (Å²) < 4.78 is 11.1. The Balaban J connectivity index is 1.47. The van der Waals surface area contributed by atoms with E-state index in [0.717, 1.165) is 17.6 Å². The van der Waals surface area contributed by atoms with Crippen LogP contribution in [-0.4, -0.2) is 18.8 Å². The van der Waals surface area contributed by atoms with Crippen molar-refractivity contribution in [2.75, 3.05) is 11.9 Å². The van der Waals surface area contributed by atoms with Crippen LogP contribution in [0.15, 0.2) is 78.9 Å². The molecule has 1 amide bonds. The highest BCUT2D eigenvalue weighted by molar-refractivity contribution is 5.91. The number of rotatable bonds is 8. The molecule has 3 rings (SSSR count). The average Bonchev–Trinajstić information content (AvgIpc) is 2.73. The van der Waals surface area contributed by atoms with E-state index in [2.05, 4.69) is 5.32 Å². The molecule has 136 valence electrons. The fraction of sp³-hybridized carbons (Fsp3) is 0.0909. The van der Waals surface area contributed by atoms with Gasteiger partial charge in [-0.1, -0.05) is 42.5 Å². The minimum atomic E-state index is -0.288. The monoisotopic (exact) mass is 361 g/mol. The number of anilines is 1. The molecule has 0 bridgehead atoms. The van der Waals surface area contributed by atoms with Crippen molar-refractivity contribution < 1.29 is 19.1 Å². The van der Waals surface area contributed by atoms with Crippen molar-refractivity contribution >= 4 is 17.9 Å². The van der Waals surface area contributed by atoms with Crippen molar-refractivity contribution in [2.45, 2.75) is 6.61 Å². The molecule has 0 heterocycles. The standard InChI is InChI=1S/C22H19NO4/c24-14-18-7-4-8-21(13-18)27-16-22(25)23-19-9-11-20(12-10-19)26-15-17-5-2-1-3-6-17/h1-14H,15-16H2,(H,23,25). The van der Waals surface area contributed by atoms with E-state index in [1.165, 1.54) is 0 Å². The minimum Gasteiger partial charge on any atom is -0.489 e. The van der Waals surface area contributed by atoms with Crippen molar-refractivity contribution in [3.05, 3.63) is 90.0 Å². The topological polar surface area (TPSA) is 64.6 Å². The largest absolute Gasteiger partial charge is 0.489 e. The molecule has 0 spiro atoms. The van der Waals surface area contributed by atoms with E-state index in [-0.39, 0.29) is 12.5 Å². The van der Waals surface area contributed by atoms with Gasteiger partial charge in [0.05, 0.1) is 0 Å². The van der Waals surface area contributed by atoms with E-state index in [4.69, 9.17) is 9.47 Å². The van der Waals surface area contributed by atoms with Crippen LogP contribution < -0.4 is 14.8 Å². The zero-order chi connectivity index (χ0) is 18.9. The Kier molecular flexibility index (Phi) is 6.20. The molecular formula is C22H19NO4. The first-order chi connectivity index (χ1) is 13.2. The summed E-state index contributed by atoms with van der Waals surface area (Å²) in [6.45, 7) is 0.342. The molecule has 0 aliphatic rings. The molecule has 0 saturated heterocycles. The maximum atomic E-state index is 12.0. The molecule has 0 atom stereocenters. The molecule has 0 aliphatic heterocycles. The first-order valence-electron chi connectivity index (χ1n) is 8.47. The van der Waals surface area contributed by atoms with Gasteiger partial charge in [-0.3, -0.25) is 9.59 Å². The molecule has 27 heavy (non-hydrogen) atoms. The van der Waals surface area contributed by atoms with E-state index >= 15 is 0 Å². The quantitative estimate of drug-likeness (QED) is 0.614. The van der Waals surface area contributed by atoms with E-state index in [9.17, 15) is 9.59 Å². The fourth-order valence-electron chi connectivity index (χ4n) is 2.40. The summed E-state index contributed by atoms with van der Waals surface area (Å²) in [6, 6.07) is 23.7. The van der Waals surface area contributed by atoms with E-state index in [1.54, 1.807) is 48.5 Å². The lowest BCUT2D eigenvalue weighted by Crippen LogP contribution is -2.20. The number of carbonyl (C=O) groups excluding carboxylic acids is 2. The minimum absolute atomic E-state index is 0.144. The lowest BCUT2D eigenvalue weighted by atomic mass is 10.2. The van der Waals surface area contributed by atoms with E-state index in [1.807, 2.05) is 30.3 Å². The SMILES string of the molecule is O=Cc1cccc(OCC(=O)Nc2ccc(OCc3ccccc3)cc2)c1. The molecule has 0 aromatic heterocycles. The van der Waals surface area contributed by atoms with Gasteiger partial charge in [-0.2, -0.15) is 0 Å². The molecule has 3 aromatic rings. The van der Waals surface area contributed by atoms with Crippen molar-refractivity contribution in [3.63, 3.8) is 0 Å². The molecule has 0 saturated carbocycles. The second-order valence-corrected chi connectivity index (χ2v) is 5.83. The van der Waals surface area contributed by atoms with Gasteiger partial charge in [0.25, 0.3) is 5.91 Å². The third-order valence-electron chi connectivity index (χ3n) is 3.75. The zero-order valence-corrected chi connectivity index (χ0v) is 14.6. The van der Waals surface area contributed by atoms with Crippen LogP contribution >= 0.6 is 0 Å². The van der Waals surface area contributed by atoms with Gasteiger partial charge < -0.3 is 14.8 Å². The Morgan fingerprint density at radius 3 is 2.37 bits per heavy atom. The maximum Gasteiger partial charge on any atom is 0.262 e. The van der Waals surface area contributed by atoms with Crippen LogP contribution in [-0.2, 0) is 11.4 Å². The molecule has 1 N–H and O–H groups in total. The first-order valence-corrected chi connectivity index (χ1v) is 8.47. The van der Waals surface area contributed by atoms with Gasteiger partial charge in [-0.05, 0) is 42.0 Å². The predicted molar refractivity (Wildman–Crippen MR) is 103 cm³/mol. The molecule has 0 unspecified atom stereocenters. The lowest BCUT2D eigenvalue weighted by molar-refractivity contribution is -0.118. The number of hydrogen-bond donors (Lipinski definition) is 1. The number of benzene rings is 3. The van der Waals surface area contributed by atoms with Crippen LogP contribution in [0.1, 0.15) is 15.9 Å². The summed E-state index contributed by atoms with van der Waals surface area (Å²) in [6.07, 6.45) is 0.731. The Labute approximate surface area is 157 Å². The van der Waals surface area contributed by atoms with Crippen molar-refractivity contribution in [3.8, 4) is 11.5 Å². The summed E-state index contributed by atoms with van der Waals surface area (Å²) in [5, 5.41) is 2.75. The van der Waals surface area contributed by atoms with E-state index in [0.29, 0.717) is 23.6 Å². The molecular weight excluding hydrogens is 342 g/mol. The summed E-state index contributed by atoms with van der Waals surface area (Å²) in [5.74, 6) is 0.905. The zero-order valence-electron chi connectivity index (χ0n) is 14.6. The average molecular weight is 361 g/mol. The third kappa shape index (κ3) is 5.71. The number of nitrogens with one attached hydrogen (secondary N) is 1. The van der Waals surface area contributed by atoms with Gasteiger partial charge in [0.15, 0.2) is 6.61 Å². The van der Waals surface area contributed by atoms with Gasteiger partial charge in [-0.15, -0.1) is 0 Å². The van der Waals surface area contributed by atoms with E-state index < -0.39 is 0 Å². The molecule has 0 aliphatic carbocycles. The van der Waals surface area contributed by atoms with Gasteiger partial charge in [0.1, 0.15) is 24.4 Å². The van der Waals surface area contributed by atoms with Crippen LogP contribution in [0.3, 0.4) is 0 Å². The van der Waals surface area contributed by atoms with Crippen molar-refractivity contribution in [2.24, 2.45) is 0 Å². The Morgan fingerprint density at radius 2 is 1.63 bits per heavy atom. The number of aldehydes is 1. The van der Waals surface area contributed by atoms with Gasteiger partial charge >= 0.3 is 0 Å². The van der Waals surface area contributed by atoms with Crippen LogP contribution in [0.4, 0.5) is 5.69 Å². The first kappa shape index (κ1) is 18.2. The molecule has 3 aromatic carbocycles. The van der Waals surface area contributed by atoms with Crippen LogP contribution in [0, 0.1) is 0 Å². The second-order valence-electron chi connectivity index (χ2n) is 5.83. The number of hydrogen-bond acceptors (Lipinski definition) is 4. The Hall–Kier alpha value is -3.60. The highest BCUT2D eigenvalue weighted by atomic mass is 16.5. The maximum absolute atomic E-state index is 12.0. The third-order valence-corrected chi connectivity index (χ3v) is 3.75. The number of carbonyl (C=O) groups is 2. The normalized spacial score (nSPS) is 10.1. The van der Waals surface area contributed by atoms with Crippen LogP contribution in [0.2, 0.25) is 0 Å². The van der Waals surface area contributed by atoms with Gasteiger partial charge in [0, 0.05) is 11.3 Å². The summed E-state index contributed by atoms with van der Waals surface area (Å²) in [5.41, 5.74) is 2.24. The van der Waals surface area contributed by atoms with Crippen LogP contribution in [0.5, 0.6) is 11.5 Å². The fourth-order valence-corrected chi connectivity index (χ4v) is 2.40. The van der Waals surface area contributed by atoms with Crippen molar-refractivity contribution in [1.29, 1.82) is 0 Å². The molecule has 0 radical (unpaired) electrons. The molecule has 5 heteroatoms. The predicted octanol–water partition coefficient (Wildman–Crippen LogP) is 4.10. The smallest absolute Gasteiger partial charge is 0.262 e. The molecule has 0 fully saturated rings. The Morgan fingerprint density at radius 1 is 0.852 bits per heavy atom. The molecule has 5 nitrogen and oxygen atoms in total. The summed E-state index contributed by atoms with van der Waals surface area (Å²) in [4.78, 5) is 22.7. The highest BCUT2D eigenvalue weighted by Crippen LogP contribution is 2.17.